The van der Waals surface area contributed by atoms with Gasteiger partial charge in [0.1, 0.15) is 11.4 Å². The zero-order chi connectivity index (χ0) is 16.7. The zero-order valence-corrected chi connectivity index (χ0v) is 13.8. The molecule has 1 aliphatic heterocycles. The first-order valence-corrected chi connectivity index (χ1v) is 8.55. The van der Waals surface area contributed by atoms with E-state index in [4.69, 9.17) is 0 Å². The lowest BCUT2D eigenvalue weighted by Gasteiger charge is -2.31. The molecule has 0 aromatic carbocycles. The third-order valence-corrected chi connectivity index (χ3v) is 5.01. The summed E-state index contributed by atoms with van der Waals surface area (Å²) in [6, 6.07) is 1.80. The van der Waals surface area contributed by atoms with Crippen molar-refractivity contribution in [2.45, 2.75) is 44.9 Å². The van der Waals surface area contributed by atoms with Crippen LogP contribution in [0.2, 0.25) is 0 Å². The van der Waals surface area contributed by atoms with Crippen LogP contribution in [-0.2, 0) is 12.8 Å². The van der Waals surface area contributed by atoms with Gasteiger partial charge >= 0.3 is 0 Å². The number of carbonyl (C=O) groups is 1. The van der Waals surface area contributed by atoms with Gasteiger partial charge in [-0.05, 0) is 50.7 Å². The van der Waals surface area contributed by atoms with Gasteiger partial charge in [0, 0.05) is 24.7 Å². The highest BCUT2D eigenvalue weighted by Gasteiger charge is 2.29. The van der Waals surface area contributed by atoms with Gasteiger partial charge in [0.2, 0.25) is 0 Å². The fraction of sp³-hybridized carbons (Fsp3) is 0.529. The molecule has 1 aliphatic carbocycles. The van der Waals surface area contributed by atoms with Crippen LogP contribution in [-0.4, -0.2) is 44.1 Å². The van der Waals surface area contributed by atoms with Crippen molar-refractivity contribution in [3.8, 4) is 0 Å². The van der Waals surface area contributed by atoms with Crippen molar-refractivity contribution < 1.29 is 4.79 Å². The topological polar surface area (TPSA) is 94.7 Å². The average Bonchev–Trinajstić information content (AvgIpc) is 3.22. The molecule has 2 N–H and O–H groups in total. The molecule has 1 amide bonds. The summed E-state index contributed by atoms with van der Waals surface area (Å²) in [6.45, 7) is 3.11. The Bertz CT molecular complexity index is 838. The van der Waals surface area contributed by atoms with E-state index >= 15 is 0 Å². The molecule has 1 fully saturated rings. The number of aryl methyl sites for hydroxylation is 3. The number of hydrogen-bond donors (Lipinski definition) is 2. The van der Waals surface area contributed by atoms with Crippen molar-refractivity contribution in [2.75, 3.05) is 13.1 Å². The second-order valence-electron chi connectivity index (χ2n) is 6.74. The molecule has 24 heavy (non-hydrogen) atoms. The van der Waals surface area contributed by atoms with E-state index in [2.05, 4.69) is 20.2 Å². The number of H-pyrrole nitrogens is 2. The molecule has 7 heteroatoms. The molecule has 3 heterocycles. The number of pyridine rings is 1. The van der Waals surface area contributed by atoms with Gasteiger partial charge in [0.25, 0.3) is 11.5 Å². The van der Waals surface area contributed by atoms with Gasteiger partial charge in [0.15, 0.2) is 5.82 Å². The zero-order valence-electron chi connectivity index (χ0n) is 13.8. The third kappa shape index (κ3) is 2.64. The van der Waals surface area contributed by atoms with E-state index in [1.54, 1.807) is 11.0 Å². The highest BCUT2D eigenvalue weighted by molar-refractivity contribution is 5.94. The lowest BCUT2D eigenvalue weighted by molar-refractivity contribution is 0.0702. The minimum absolute atomic E-state index is 0.126. The van der Waals surface area contributed by atoms with Crippen LogP contribution in [0.4, 0.5) is 0 Å². The lowest BCUT2D eigenvalue weighted by Crippen LogP contribution is -2.41. The van der Waals surface area contributed by atoms with E-state index in [0.717, 1.165) is 55.0 Å². The van der Waals surface area contributed by atoms with E-state index in [9.17, 15) is 9.59 Å². The summed E-state index contributed by atoms with van der Waals surface area (Å²) in [5, 5.41) is 7.09. The van der Waals surface area contributed by atoms with Crippen LogP contribution >= 0.6 is 0 Å². The van der Waals surface area contributed by atoms with Crippen LogP contribution in [0.25, 0.3) is 0 Å². The summed E-state index contributed by atoms with van der Waals surface area (Å²) < 4.78 is 0. The minimum Gasteiger partial charge on any atom is -0.338 e. The van der Waals surface area contributed by atoms with Crippen molar-refractivity contribution in [1.82, 2.24) is 25.1 Å². The van der Waals surface area contributed by atoms with E-state index in [1.165, 1.54) is 0 Å². The molecule has 2 aromatic heterocycles. The molecular formula is C17H21N5O2. The Morgan fingerprint density at radius 2 is 2.21 bits per heavy atom. The molecule has 7 nitrogen and oxygen atoms in total. The quantitative estimate of drug-likeness (QED) is 0.869. The number of hydrogen-bond acceptors (Lipinski definition) is 4. The first kappa shape index (κ1) is 15.1. The minimum atomic E-state index is -0.267. The molecular weight excluding hydrogens is 306 g/mol. The Kier molecular flexibility index (Phi) is 3.70. The third-order valence-electron chi connectivity index (χ3n) is 5.01. The van der Waals surface area contributed by atoms with E-state index in [0.29, 0.717) is 13.1 Å². The van der Waals surface area contributed by atoms with Gasteiger partial charge < -0.3 is 9.88 Å². The Morgan fingerprint density at radius 1 is 1.33 bits per heavy atom. The molecule has 2 aliphatic rings. The first-order chi connectivity index (χ1) is 11.6. The lowest BCUT2D eigenvalue weighted by atomic mass is 9.96. The Morgan fingerprint density at radius 3 is 3.00 bits per heavy atom. The van der Waals surface area contributed by atoms with Crippen molar-refractivity contribution in [1.29, 1.82) is 0 Å². The largest absolute Gasteiger partial charge is 0.338 e. The molecule has 2 aromatic rings. The predicted octanol–water partition coefficient (Wildman–Crippen LogP) is 1.31. The van der Waals surface area contributed by atoms with E-state index in [-0.39, 0.29) is 22.9 Å². The van der Waals surface area contributed by atoms with Crippen molar-refractivity contribution >= 4 is 5.91 Å². The number of nitrogens with zero attached hydrogens (tertiary/aromatic N) is 3. The van der Waals surface area contributed by atoms with Gasteiger partial charge in [-0.1, -0.05) is 0 Å². The van der Waals surface area contributed by atoms with E-state index < -0.39 is 0 Å². The standard InChI is InChI=1S/C17H21N5O2/c1-10-18-15(21-20-10)12-5-3-7-22(9-12)17(24)13-8-11-4-2-6-14(11)19-16(13)23/h8,12H,2-7,9H2,1H3,(H,19,23)(H,18,20,21). The number of amides is 1. The fourth-order valence-electron chi connectivity index (χ4n) is 3.76. The van der Waals surface area contributed by atoms with E-state index in [1.807, 2.05) is 6.92 Å². The Hall–Kier alpha value is -2.44. The Labute approximate surface area is 139 Å². The van der Waals surface area contributed by atoms with Crippen molar-refractivity contribution in [2.24, 2.45) is 0 Å². The summed E-state index contributed by atoms with van der Waals surface area (Å²) in [5.41, 5.74) is 2.10. The Balaban J connectivity index is 1.57. The molecule has 1 unspecified atom stereocenters. The molecule has 4 rings (SSSR count). The van der Waals surface area contributed by atoms with Crippen LogP contribution in [0, 0.1) is 6.92 Å². The second-order valence-corrected chi connectivity index (χ2v) is 6.74. The van der Waals surface area contributed by atoms with Crippen LogP contribution in [0.15, 0.2) is 10.9 Å². The van der Waals surface area contributed by atoms with Crippen LogP contribution in [0.5, 0.6) is 0 Å². The van der Waals surface area contributed by atoms with Gasteiger partial charge in [-0.2, -0.15) is 5.10 Å². The number of aromatic nitrogens is 4. The van der Waals surface area contributed by atoms with Gasteiger partial charge in [-0.25, -0.2) is 4.98 Å². The first-order valence-electron chi connectivity index (χ1n) is 8.55. The van der Waals surface area contributed by atoms with Crippen LogP contribution in [0.1, 0.15) is 58.4 Å². The smallest absolute Gasteiger partial charge is 0.261 e. The van der Waals surface area contributed by atoms with Gasteiger partial charge in [0.05, 0.1) is 0 Å². The van der Waals surface area contributed by atoms with Gasteiger partial charge in [-0.3, -0.25) is 14.7 Å². The van der Waals surface area contributed by atoms with Crippen LogP contribution < -0.4 is 5.56 Å². The second kappa shape index (κ2) is 5.89. The maximum absolute atomic E-state index is 12.9. The average molecular weight is 327 g/mol. The number of likely N-dealkylation sites (tertiary alicyclic amines) is 1. The van der Waals surface area contributed by atoms with Gasteiger partial charge in [-0.15, -0.1) is 0 Å². The fourth-order valence-corrected chi connectivity index (χ4v) is 3.76. The molecule has 0 bridgehead atoms. The summed E-state index contributed by atoms with van der Waals surface area (Å²) in [5.74, 6) is 1.49. The summed E-state index contributed by atoms with van der Waals surface area (Å²) in [7, 11) is 0. The maximum Gasteiger partial charge on any atom is 0.261 e. The number of nitrogens with one attached hydrogen (secondary N) is 2. The van der Waals surface area contributed by atoms with Crippen molar-refractivity contribution in [3.05, 3.63) is 44.9 Å². The molecule has 0 radical (unpaired) electrons. The normalized spacial score (nSPS) is 20.2. The van der Waals surface area contributed by atoms with Crippen molar-refractivity contribution in [3.63, 3.8) is 0 Å². The monoisotopic (exact) mass is 327 g/mol. The highest BCUT2D eigenvalue weighted by atomic mass is 16.2. The number of carbonyl (C=O) groups excluding carboxylic acids is 1. The highest BCUT2D eigenvalue weighted by Crippen LogP contribution is 2.26. The SMILES string of the molecule is Cc1nc(C2CCCN(C(=O)c3cc4c([nH]c3=O)CCC4)C2)n[nH]1. The summed E-state index contributed by atoms with van der Waals surface area (Å²) in [6.07, 6.45) is 4.73. The number of piperidine rings is 1. The summed E-state index contributed by atoms with van der Waals surface area (Å²) in [4.78, 5) is 34.2. The molecule has 1 atom stereocenters. The molecule has 0 saturated carbocycles. The van der Waals surface area contributed by atoms with Crippen LogP contribution in [0.3, 0.4) is 0 Å². The molecule has 0 spiro atoms. The predicted molar refractivity (Wildman–Crippen MR) is 88.1 cm³/mol. The molecule has 1 saturated heterocycles. The maximum atomic E-state index is 12.9. The summed E-state index contributed by atoms with van der Waals surface area (Å²) >= 11 is 0. The number of fused-ring (bicyclic) bond motifs is 1. The molecule has 126 valence electrons. The number of aromatic amines is 2. The number of rotatable bonds is 2.